The molecule has 1 amide bonds. The molecule has 18 heavy (non-hydrogen) atoms. The Morgan fingerprint density at radius 3 is 2.72 bits per heavy atom. The molecule has 0 bridgehead atoms. The second-order valence-electron chi connectivity index (χ2n) is 4.94. The number of carbonyl (C=O) groups excluding carboxylic acids is 1. The summed E-state index contributed by atoms with van der Waals surface area (Å²) in [6, 6.07) is 3.80. The lowest BCUT2D eigenvalue weighted by atomic mass is 10.1. The van der Waals surface area contributed by atoms with Crippen LogP contribution in [-0.2, 0) is 11.3 Å². The highest BCUT2D eigenvalue weighted by Gasteiger charge is 2.14. The number of hydrogen-bond donors (Lipinski definition) is 1. The van der Waals surface area contributed by atoms with E-state index >= 15 is 0 Å². The summed E-state index contributed by atoms with van der Waals surface area (Å²) >= 11 is 8.93. The monoisotopic (exact) mass is 306 g/mol. The molecular formula is C12H19ClN2OS2. The van der Waals surface area contributed by atoms with Crippen molar-refractivity contribution in [3.63, 3.8) is 0 Å². The number of hydrogen-bond acceptors (Lipinski definition) is 4. The molecular weight excluding hydrogens is 288 g/mol. The van der Waals surface area contributed by atoms with E-state index in [1.807, 2.05) is 33.0 Å². The SMILES string of the molecule is CN(Cc1ccc(Cl)s1)C(=O)CSCC(C)(C)N. The maximum atomic E-state index is 11.9. The summed E-state index contributed by atoms with van der Waals surface area (Å²) in [6.45, 7) is 4.53. The van der Waals surface area contributed by atoms with Crippen molar-refractivity contribution in [1.82, 2.24) is 4.90 Å². The standard InChI is InChI=1S/C12H19ClN2OS2/c1-12(2,14)8-17-7-11(16)15(3)6-9-4-5-10(13)18-9/h4-5H,6-8,14H2,1-3H3. The van der Waals surface area contributed by atoms with E-state index in [9.17, 15) is 4.79 Å². The van der Waals surface area contributed by atoms with Crippen molar-refractivity contribution < 1.29 is 4.79 Å². The summed E-state index contributed by atoms with van der Waals surface area (Å²) in [4.78, 5) is 14.7. The first kappa shape index (κ1) is 15.8. The van der Waals surface area contributed by atoms with Gasteiger partial charge >= 0.3 is 0 Å². The van der Waals surface area contributed by atoms with Crippen LogP contribution in [0, 0.1) is 0 Å². The Hall–Kier alpha value is -0.230. The number of nitrogens with zero attached hydrogens (tertiary/aromatic N) is 1. The molecule has 1 aromatic rings. The van der Waals surface area contributed by atoms with Gasteiger partial charge in [0.2, 0.25) is 5.91 Å². The van der Waals surface area contributed by atoms with Crippen LogP contribution in [0.4, 0.5) is 0 Å². The third-order valence-corrected chi connectivity index (χ3v) is 4.76. The van der Waals surface area contributed by atoms with Crippen molar-refractivity contribution in [2.24, 2.45) is 5.73 Å². The predicted molar refractivity (Wildman–Crippen MR) is 81.4 cm³/mol. The third-order valence-electron chi connectivity index (χ3n) is 2.15. The Morgan fingerprint density at radius 2 is 2.22 bits per heavy atom. The fourth-order valence-electron chi connectivity index (χ4n) is 1.27. The molecule has 0 aliphatic heterocycles. The van der Waals surface area contributed by atoms with Crippen LogP contribution in [-0.4, -0.2) is 34.9 Å². The average Bonchev–Trinajstić information content (AvgIpc) is 2.61. The molecule has 0 saturated carbocycles. The van der Waals surface area contributed by atoms with Gasteiger partial charge in [0.25, 0.3) is 0 Å². The Morgan fingerprint density at radius 1 is 1.56 bits per heavy atom. The van der Waals surface area contributed by atoms with Crippen LogP contribution in [0.25, 0.3) is 0 Å². The van der Waals surface area contributed by atoms with E-state index in [0.29, 0.717) is 12.3 Å². The average molecular weight is 307 g/mol. The number of thioether (sulfide) groups is 1. The highest BCUT2D eigenvalue weighted by molar-refractivity contribution is 8.00. The van der Waals surface area contributed by atoms with Crippen molar-refractivity contribution in [2.75, 3.05) is 18.6 Å². The van der Waals surface area contributed by atoms with Crippen molar-refractivity contribution in [3.05, 3.63) is 21.3 Å². The Balaban J connectivity index is 2.33. The normalized spacial score (nSPS) is 11.6. The fraction of sp³-hybridized carbons (Fsp3) is 0.583. The zero-order valence-electron chi connectivity index (χ0n) is 10.9. The number of rotatable bonds is 6. The molecule has 0 radical (unpaired) electrons. The van der Waals surface area contributed by atoms with Crippen LogP contribution in [0.5, 0.6) is 0 Å². The molecule has 2 N–H and O–H groups in total. The summed E-state index contributed by atoms with van der Waals surface area (Å²) < 4.78 is 0.755. The first-order chi connectivity index (χ1) is 8.28. The third kappa shape index (κ3) is 6.09. The summed E-state index contributed by atoms with van der Waals surface area (Å²) in [6.07, 6.45) is 0. The second-order valence-corrected chi connectivity index (χ2v) is 7.72. The lowest BCUT2D eigenvalue weighted by Crippen LogP contribution is -2.36. The molecule has 3 nitrogen and oxygen atoms in total. The smallest absolute Gasteiger partial charge is 0.232 e. The van der Waals surface area contributed by atoms with E-state index in [2.05, 4.69) is 0 Å². The maximum absolute atomic E-state index is 11.9. The number of carbonyl (C=O) groups is 1. The van der Waals surface area contributed by atoms with Crippen molar-refractivity contribution in [3.8, 4) is 0 Å². The minimum atomic E-state index is -0.231. The van der Waals surface area contributed by atoms with Crippen LogP contribution >= 0.6 is 34.7 Å². The molecule has 1 rings (SSSR count). The van der Waals surface area contributed by atoms with Gasteiger partial charge in [-0.2, -0.15) is 11.8 Å². The predicted octanol–water partition coefficient (Wildman–Crippen LogP) is 2.83. The van der Waals surface area contributed by atoms with E-state index < -0.39 is 0 Å². The summed E-state index contributed by atoms with van der Waals surface area (Å²) in [7, 11) is 1.81. The highest BCUT2D eigenvalue weighted by atomic mass is 35.5. The lowest BCUT2D eigenvalue weighted by molar-refractivity contribution is -0.127. The molecule has 0 aliphatic carbocycles. The number of nitrogens with two attached hydrogens (primary N) is 1. The summed E-state index contributed by atoms with van der Waals surface area (Å²) in [5.74, 6) is 1.36. The maximum Gasteiger partial charge on any atom is 0.232 e. The van der Waals surface area contributed by atoms with Crippen molar-refractivity contribution in [1.29, 1.82) is 0 Å². The number of halogens is 1. The second kappa shape index (κ2) is 6.80. The van der Waals surface area contributed by atoms with Gasteiger partial charge in [-0.25, -0.2) is 0 Å². The van der Waals surface area contributed by atoms with Gasteiger partial charge < -0.3 is 10.6 Å². The molecule has 1 aromatic heterocycles. The molecule has 0 spiro atoms. The van der Waals surface area contributed by atoms with Crippen molar-refractivity contribution >= 4 is 40.6 Å². The molecule has 0 aliphatic rings. The molecule has 0 fully saturated rings. The van der Waals surface area contributed by atoms with Crippen LogP contribution in [0.1, 0.15) is 18.7 Å². The first-order valence-corrected chi connectivity index (χ1v) is 7.97. The summed E-state index contributed by atoms with van der Waals surface area (Å²) in [5, 5.41) is 0. The van der Waals surface area contributed by atoms with Gasteiger partial charge in [-0.05, 0) is 26.0 Å². The van der Waals surface area contributed by atoms with Crippen LogP contribution in [0.2, 0.25) is 4.34 Å². The Bertz CT molecular complexity index is 401. The van der Waals surface area contributed by atoms with Crippen LogP contribution < -0.4 is 5.73 Å². The van der Waals surface area contributed by atoms with Crippen molar-refractivity contribution in [2.45, 2.75) is 25.9 Å². The largest absolute Gasteiger partial charge is 0.340 e. The highest BCUT2D eigenvalue weighted by Crippen LogP contribution is 2.22. The first-order valence-electron chi connectivity index (χ1n) is 5.63. The van der Waals surface area contributed by atoms with E-state index in [1.54, 1.807) is 16.7 Å². The molecule has 0 saturated heterocycles. The Kier molecular flexibility index (Phi) is 5.98. The Labute approximate surface area is 122 Å². The molecule has 0 aromatic carbocycles. The quantitative estimate of drug-likeness (QED) is 0.879. The molecule has 102 valence electrons. The number of thiophene rings is 1. The summed E-state index contributed by atoms with van der Waals surface area (Å²) in [5.41, 5.74) is 5.63. The molecule has 6 heteroatoms. The van der Waals surface area contributed by atoms with Gasteiger partial charge in [-0.3, -0.25) is 4.79 Å². The van der Waals surface area contributed by atoms with Crippen LogP contribution in [0.3, 0.4) is 0 Å². The topological polar surface area (TPSA) is 46.3 Å². The van der Waals surface area contributed by atoms with E-state index in [-0.39, 0.29) is 11.4 Å². The van der Waals surface area contributed by atoms with E-state index in [1.165, 1.54) is 11.3 Å². The zero-order valence-corrected chi connectivity index (χ0v) is 13.3. The van der Waals surface area contributed by atoms with E-state index in [0.717, 1.165) is 15.0 Å². The van der Waals surface area contributed by atoms with Gasteiger partial charge in [0.05, 0.1) is 16.6 Å². The number of amides is 1. The molecule has 0 atom stereocenters. The van der Waals surface area contributed by atoms with Crippen LogP contribution in [0.15, 0.2) is 12.1 Å². The minimum Gasteiger partial charge on any atom is -0.340 e. The van der Waals surface area contributed by atoms with Gasteiger partial charge in [0, 0.05) is 23.2 Å². The molecule has 0 unspecified atom stereocenters. The zero-order chi connectivity index (χ0) is 13.8. The fourth-order valence-corrected chi connectivity index (χ4v) is 3.43. The van der Waals surface area contributed by atoms with Gasteiger partial charge in [0.1, 0.15) is 0 Å². The molecule has 1 heterocycles. The van der Waals surface area contributed by atoms with Gasteiger partial charge in [-0.1, -0.05) is 11.6 Å². The van der Waals surface area contributed by atoms with Gasteiger partial charge in [0.15, 0.2) is 0 Å². The minimum absolute atomic E-state index is 0.119. The lowest BCUT2D eigenvalue weighted by Gasteiger charge is -2.19. The van der Waals surface area contributed by atoms with E-state index in [4.69, 9.17) is 17.3 Å². The van der Waals surface area contributed by atoms with Gasteiger partial charge in [-0.15, -0.1) is 11.3 Å².